The summed E-state index contributed by atoms with van der Waals surface area (Å²) in [7, 11) is 0. The molecule has 8 aromatic rings. The van der Waals surface area contributed by atoms with Gasteiger partial charge in [-0.2, -0.15) is 0 Å². The summed E-state index contributed by atoms with van der Waals surface area (Å²) in [4.78, 5) is 0. The highest BCUT2D eigenvalue weighted by atomic mass is 32.1. The number of fused-ring (bicyclic) bond motifs is 6. The number of para-hydroxylation sites is 2. The van der Waals surface area contributed by atoms with E-state index in [4.69, 9.17) is 4.42 Å². The predicted octanol–water partition coefficient (Wildman–Crippen LogP) is 11.4. The van der Waals surface area contributed by atoms with Crippen LogP contribution in [0.15, 0.2) is 138 Å². The van der Waals surface area contributed by atoms with Gasteiger partial charge in [0.2, 0.25) is 0 Å². The van der Waals surface area contributed by atoms with E-state index in [1.54, 1.807) is 0 Å². The molecule has 0 radical (unpaired) electrons. The van der Waals surface area contributed by atoms with Crippen LogP contribution in [0.5, 0.6) is 0 Å². The molecule has 2 aromatic heterocycles. The Bertz CT molecular complexity index is 2180. The van der Waals surface area contributed by atoms with Crippen LogP contribution in [-0.2, 0) is 0 Å². The number of rotatable bonds is 4. The Morgan fingerprint density at radius 2 is 1.20 bits per heavy atom. The highest BCUT2D eigenvalue weighted by Gasteiger charge is 2.14. The summed E-state index contributed by atoms with van der Waals surface area (Å²) in [6.07, 6.45) is 0. The molecule has 40 heavy (non-hydrogen) atoms. The Labute approximate surface area is 236 Å². The maximum atomic E-state index is 6.28. The summed E-state index contributed by atoms with van der Waals surface area (Å²) in [5.74, 6) is 0.282. The summed E-state index contributed by atoms with van der Waals surface area (Å²) in [5.41, 5.74) is 9.34. The topological polar surface area (TPSA) is 13.1 Å². The minimum Gasteiger partial charge on any atom is -0.455 e. The minimum absolute atomic E-state index is 0.282. The fourth-order valence-electron chi connectivity index (χ4n) is 6.01. The molecule has 6 aromatic carbocycles. The second-order valence-electron chi connectivity index (χ2n) is 10.6. The molecule has 1 unspecified atom stereocenters. The summed E-state index contributed by atoms with van der Waals surface area (Å²) in [6, 6.07) is 48.2. The normalized spacial score (nSPS) is 12.5. The molecule has 0 saturated carbocycles. The van der Waals surface area contributed by atoms with Crippen molar-refractivity contribution >= 4 is 53.4 Å². The molecule has 0 aliphatic carbocycles. The number of thiophene rings is 1. The molecule has 0 saturated heterocycles. The summed E-state index contributed by atoms with van der Waals surface area (Å²) in [5, 5.41) is 5.01. The molecule has 0 amide bonds. The van der Waals surface area contributed by atoms with Crippen molar-refractivity contribution in [2.24, 2.45) is 0 Å². The van der Waals surface area contributed by atoms with Crippen LogP contribution in [0.1, 0.15) is 24.0 Å². The van der Waals surface area contributed by atoms with E-state index in [9.17, 15) is 0 Å². The van der Waals surface area contributed by atoms with Crippen molar-refractivity contribution < 1.29 is 4.42 Å². The van der Waals surface area contributed by atoms with Gasteiger partial charge in [0.05, 0.1) is 0 Å². The highest BCUT2D eigenvalue weighted by molar-refractivity contribution is 7.25. The first-order valence-corrected chi connectivity index (χ1v) is 14.6. The Morgan fingerprint density at radius 3 is 2.10 bits per heavy atom. The Morgan fingerprint density at radius 1 is 0.500 bits per heavy atom. The summed E-state index contributed by atoms with van der Waals surface area (Å²) < 4.78 is 8.97. The molecule has 8 rings (SSSR count). The van der Waals surface area contributed by atoms with Gasteiger partial charge < -0.3 is 4.42 Å². The quantitative estimate of drug-likeness (QED) is 0.220. The monoisotopic (exact) mass is 530 g/mol. The van der Waals surface area contributed by atoms with Gasteiger partial charge in [-0.15, -0.1) is 11.3 Å². The number of hydrogen-bond acceptors (Lipinski definition) is 2. The molecule has 0 aliphatic rings. The van der Waals surface area contributed by atoms with E-state index in [-0.39, 0.29) is 5.92 Å². The molecule has 0 bridgehead atoms. The smallest absolute Gasteiger partial charge is 0.143 e. The molecular formula is C38H26OS. The van der Waals surface area contributed by atoms with Gasteiger partial charge in [-0.25, -0.2) is 0 Å². The fourth-order valence-corrected chi connectivity index (χ4v) is 7.16. The van der Waals surface area contributed by atoms with Gasteiger partial charge in [-0.05, 0) is 46.0 Å². The molecule has 2 heteroatoms. The molecule has 2 heterocycles. The Hall–Kier alpha value is -4.66. The Balaban J connectivity index is 1.11. The van der Waals surface area contributed by atoms with Crippen LogP contribution in [0.25, 0.3) is 64.4 Å². The molecule has 1 atom stereocenters. The van der Waals surface area contributed by atoms with E-state index in [0.717, 1.165) is 27.5 Å². The largest absolute Gasteiger partial charge is 0.455 e. The van der Waals surface area contributed by atoms with Gasteiger partial charge in [0, 0.05) is 42.4 Å². The zero-order valence-electron chi connectivity index (χ0n) is 22.1. The summed E-state index contributed by atoms with van der Waals surface area (Å²) in [6.45, 7) is 2.29. The lowest BCUT2D eigenvalue weighted by molar-refractivity contribution is 0.670. The zero-order valence-corrected chi connectivity index (χ0v) is 22.9. The first-order chi connectivity index (χ1) is 19.7. The molecule has 0 fully saturated rings. The fraction of sp³-hybridized carbons (Fsp3) is 0.0526. The Kier molecular flexibility index (Phi) is 5.36. The minimum atomic E-state index is 0.282. The second kappa shape index (κ2) is 9.22. The second-order valence-corrected chi connectivity index (χ2v) is 11.6. The van der Waals surface area contributed by atoms with E-state index in [1.807, 2.05) is 23.5 Å². The first-order valence-electron chi connectivity index (χ1n) is 13.8. The van der Waals surface area contributed by atoms with Crippen molar-refractivity contribution in [3.8, 4) is 22.3 Å². The van der Waals surface area contributed by atoms with Gasteiger partial charge in [-0.1, -0.05) is 122 Å². The van der Waals surface area contributed by atoms with Crippen LogP contribution < -0.4 is 0 Å². The van der Waals surface area contributed by atoms with Crippen LogP contribution >= 0.6 is 11.3 Å². The lowest BCUT2D eigenvalue weighted by Gasteiger charge is -2.15. The third-order valence-corrected chi connectivity index (χ3v) is 9.36. The first kappa shape index (κ1) is 23.2. The van der Waals surface area contributed by atoms with E-state index in [0.29, 0.717) is 0 Å². The van der Waals surface area contributed by atoms with Gasteiger partial charge in [0.25, 0.3) is 0 Å². The molecule has 0 N–H and O–H groups in total. The van der Waals surface area contributed by atoms with Crippen molar-refractivity contribution in [1.82, 2.24) is 0 Å². The van der Waals surface area contributed by atoms with Crippen LogP contribution in [0, 0.1) is 0 Å². The van der Waals surface area contributed by atoms with E-state index in [1.165, 1.54) is 48.0 Å². The van der Waals surface area contributed by atoms with Crippen LogP contribution in [0.2, 0.25) is 0 Å². The van der Waals surface area contributed by atoms with Gasteiger partial charge >= 0.3 is 0 Å². The van der Waals surface area contributed by atoms with Crippen molar-refractivity contribution in [3.63, 3.8) is 0 Å². The van der Waals surface area contributed by atoms with E-state index >= 15 is 0 Å². The van der Waals surface area contributed by atoms with Crippen molar-refractivity contribution in [2.45, 2.75) is 12.8 Å². The third kappa shape index (κ3) is 3.76. The highest BCUT2D eigenvalue weighted by Crippen LogP contribution is 2.38. The maximum absolute atomic E-state index is 6.28. The molecule has 0 spiro atoms. The average molecular weight is 531 g/mol. The van der Waals surface area contributed by atoms with Crippen LogP contribution in [0.4, 0.5) is 0 Å². The molecule has 1 nitrogen and oxygen atoms in total. The van der Waals surface area contributed by atoms with Crippen molar-refractivity contribution in [2.75, 3.05) is 0 Å². The van der Waals surface area contributed by atoms with Gasteiger partial charge in [0.15, 0.2) is 0 Å². The summed E-state index contributed by atoms with van der Waals surface area (Å²) >= 11 is 1.87. The number of hydrogen-bond donors (Lipinski definition) is 0. The number of furan rings is 1. The lowest BCUT2D eigenvalue weighted by Crippen LogP contribution is -1.96. The third-order valence-electron chi connectivity index (χ3n) is 8.22. The van der Waals surface area contributed by atoms with E-state index in [2.05, 4.69) is 128 Å². The predicted molar refractivity (Wildman–Crippen MR) is 171 cm³/mol. The van der Waals surface area contributed by atoms with Crippen molar-refractivity contribution in [1.29, 1.82) is 0 Å². The average Bonchev–Trinajstić information content (AvgIpc) is 3.59. The molecule has 190 valence electrons. The zero-order chi connectivity index (χ0) is 26.6. The maximum Gasteiger partial charge on any atom is 0.143 e. The van der Waals surface area contributed by atoms with Crippen LogP contribution in [-0.4, -0.2) is 0 Å². The number of benzene rings is 6. The van der Waals surface area contributed by atoms with Gasteiger partial charge in [0.1, 0.15) is 11.2 Å². The van der Waals surface area contributed by atoms with Crippen LogP contribution in [0.3, 0.4) is 0 Å². The van der Waals surface area contributed by atoms with Gasteiger partial charge in [-0.3, -0.25) is 0 Å². The SMILES string of the molecule is CC(c1ccc(-c2cccc3c2oc2ccccc23)cc1)c1cccc(-c2ccc3c(c2)sc2ccccc23)c1. The lowest BCUT2D eigenvalue weighted by atomic mass is 9.89. The standard InChI is InChI=1S/C38H26OS/c1-24(25-16-18-26(19-17-25)30-12-7-13-34-31-10-2-4-14-35(31)39-38(30)34)27-8-6-9-28(22-27)29-20-21-33-32-11-3-5-15-36(32)40-37(33)23-29/h2-24H,1H3. The molecular weight excluding hydrogens is 504 g/mol. The van der Waals surface area contributed by atoms with Crippen molar-refractivity contribution in [3.05, 3.63) is 145 Å². The molecule has 0 aliphatic heterocycles. The van der Waals surface area contributed by atoms with E-state index < -0.39 is 0 Å².